The van der Waals surface area contributed by atoms with E-state index in [2.05, 4.69) is 5.32 Å². The lowest BCUT2D eigenvalue weighted by atomic mass is 9.90. The Hall–Kier alpha value is -0.0800. The van der Waals surface area contributed by atoms with Crippen LogP contribution in [0.3, 0.4) is 0 Å². The van der Waals surface area contributed by atoms with Gasteiger partial charge in [0.05, 0.1) is 0 Å². The van der Waals surface area contributed by atoms with Crippen molar-refractivity contribution in [3.8, 4) is 0 Å². The van der Waals surface area contributed by atoms with E-state index in [0.29, 0.717) is 12.1 Å². The molecule has 2 aliphatic rings. The zero-order valence-corrected chi connectivity index (χ0v) is 9.88. The van der Waals surface area contributed by atoms with Crippen LogP contribution in [0.15, 0.2) is 0 Å². The van der Waals surface area contributed by atoms with Crippen molar-refractivity contribution in [1.82, 2.24) is 5.32 Å². The average Bonchev–Trinajstić information content (AvgIpc) is 2.50. The average molecular weight is 210 g/mol. The highest BCUT2D eigenvalue weighted by Gasteiger charge is 2.24. The summed E-state index contributed by atoms with van der Waals surface area (Å²) in [5, 5.41) is 3.82. The fourth-order valence-electron chi connectivity index (χ4n) is 3.12. The van der Waals surface area contributed by atoms with Gasteiger partial charge < -0.3 is 11.1 Å². The minimum Gasteiger partial charge on any atom is -0.326 e. The van der Waals surface area contributed by atoms with Crippen LogP contribution in [0.25, 0.3) is 0 Å². The van der Waals surface area contributed by atoms with Crippen molar-refractivity contribution in [2.45, 2.75) is 82.3 Å². The van der Waals surface area contributed by atoms with E-state index < -0.39 is 0 Å². The van der Waals surface area contributed by atoms with E-state index in [0.717, 1.165) is 6.04 Å². The van der Waals surface area contributed by atoms with Crippen LogP contribution in [0, 0.1) is 0 Å². The molecule has 2 saturated carbocycles. The zero-order valence-electron chi connectivity index (χ0n) is 9.88. The van der Waals surface area contributed by atoms with Gasteiger partial charge in [0.2, 0.25) is 0 Å². The van der Waals surface area contributed by atoms with Crippen LogP contribution in [0.2, 0.25) is 0 Å². The van der Waals surface area contributed by atoms with E-state index >= 15 is 0 Å². The van der Waals surface area contributed by atoms with Crippen LogP contribution in [-0.4, -0.2) is 18.1 Å². The van der Waals surface area contributed by atoms with E-state index in [1.165, 1.54) is 64.2 Å². The third-order valence-corrected chi connectivity index (χ3v) is 4.12. The summed E-state index contributed by atoms with van der Waals surface area (Å²) >= 11 is 0. The summed E-state index contributed by atoms with van der Waals surface area (Å²) in [6, 6.07) is 1.80. The van der Waals surface area contributed by atoms with Gasteiger partial charge in [-0.3, -0.25) is 0 Å². The molecule has 2 unspecified atom stereocenters. The zero-order chi connectivity index (χ0) is 10.5. The van der Waals surface area contributed by atoms with Crippen molar-refractivity contribution in [2.75, 3.05) is 0 Å². The highest BCUT2D eigenvalue weighted by molar-refractivity contribution is 4.86. The molecule has 15 heavy (non-hydrogen) atoms. The molecule has 0 bridgehead atoms. The maximum absolute atomic E-state index is 6.17. The Bertz CT molecular complexity index is 173. The summed E-state index contributed by atoms with van der Waals surface area (Å²) in [6.07, 6.45) is 13.7. The second kappa shape index (κ2) is 5.86. The summed E-state index contributed by atoms with van der Waals surface area (Å²) in [4.78, 5) is 0. The van der Waals surface area contributed by atoms with Crippen molar-refractivity contribution >= 4 is 0 Å². The van der Waals surface area contributed by atoms with Gasteiger partial charge in [0, 0.05) is 18.1 Å². The van der Waals surface area contributed by atoms with Gasteiger partial charge in [-0.2, -0.15) is 0 Å². The van der Waals surface area contributed by atoms with Crippen LogP contribution in [-0.2, 0) is 0 Å². The molecule has 2 fully saturated rings. The second-order valence-corrected chi connectivity index (χ2v) is 5.41. The molecule has 0 aliphatic heterocycles. The van der Waals surface area contributed by atoms with E-state index in [4.69, 9.17) is 5.73 Å². The van der Waals surface area contributed by atoms with Crippen LogP contribution in [0.4, 0.5) is 0 Å². The number of rotatable bonds is 2. The van der Waals surface area contributed by atoms with Gasteiger partial charge in [-0.05, 0) is 25.7 Å². The maximum atomic E-state index is 6.17. The molecule has 88 valence electrons. The fraction of sp³-hybridized carbons (Fsp3) is 1.00. The maximum Gasteiger partial charge on any atom is 0.0221 e. The molecule has 0 saturated heterocycles. The highest BCUT2D eigenvalue weighted by Crippen LogP contribution is 2.21. The van der Waals surface area contributed by atoms with Crippen molar-refractivity contribution in [3.05, 3.63) is 0 Å². The quantitative estimate of drug-likeness (QED) is 0.687. The number of nitrogens with two attached hydrogens (primary N) is 1. The lowest BCUT2D eigenvalue weighted by Gasteiger charge is -2.33. The van der Waals surface area contributed by atoms with E-state index in [-0.39, 0.29) is 0 Å². The largest absolute Gasteiger partial charge is 0.326 e. The molecule has 0 aromatic rings. The smallest absolute Gasteiger partial charge is 0.0221 e. The Morgan fingerprint density at radius 3 is 2.00 bits per heavy atom. The van der Waals surface area contributed by atoms with Crippen molar-refractivity contribution in [3.63, 3.8) is 0 Å². The lowest BCUT2D eigenvalue weighted by Crippen LogP contribution is -2.50. The Labute approximate surface area is 94.0 Å². The minimum atomic E-state index is 0.419. The lowest BCUT2D eigenvalue weighted by molar-refractivity contribution is 0.287. The van der Waals surface area contributed by atoms with Crippen LogP contribution in [0.1, 0.15) is 64.2 Å². The van der Waals surface area contributed by atoms with Crippen molar-refractivity contribution in [2.24, 2.45) is 5.73 Å². The van der Waals surface area contributed by atoms with Gasteiger partial charge in [-0.1, -0.05) is 38.5 Å². The molecule has 0 aromatic carbocycles. The molecule has 0 radical (unpaired) electrons. The molecule has 2 aliphatic carbocycles. The van der Waals surface area contributed by atoms with Crippen LogP contribution < -0.4 is 11.1 Å². The Morgan fingerprint density at radius 1 is 0.733 bits per heavy atom. The van der Waals surface area contributed by atoms with E-state index in [1.807, 2.05) is 0 Å². The molecule has 2 nitrogen and oxygen atoms in total. The van der Waals surface area contributed by atoms with Gasteiger partial charge in [-0.25, -0.2) is 0 Å². The molecule has 0 heterocycles. The number of hydrogen-bond donors (Lipinski definition) is 2. The first-order valence-electron chi connectivity index (χ1n) is 6.88. The first-order valence-corrected chi connectivity index (χ1v) is 6.88. The third-order valence-electron chi connectivity index (χ3n) is 4.12. The summed E-state index contributed by atoms with van der Waals surface area (Å²) < 4.78 is 0. The van der Waals surface area contributed by atoms with E-state index in [1.54, 1.807) is 0 Å². The Balaban J connectivity index is 1.78. The number of nitrogens with one attached hydrogen (secondary N) is 1. The minimum absolute atomic E-state index is 0.419. The molecule has 2 rings (SSSR count). The predicted molar refractivity (Wildman–Crippen MR) is 64.9 cm³/mol. The summed E-state index contributed by atoms with van der Waals surface area (Å²) in [6.45, 7) is 0. The summed E-state index contributed by atoms with van der Waals surface area (Å²) in [5.74, 6) is 0. The van der Waals surface area contributed by atoms with Gasteiger partial charge in [0.15, 0.2) is 0 Å². The second-order valence-electron chi connectivity index (χ2n) is 5.41. The van der Waals surface area contributed by atoms with E-state index in [9.17, 15) is 0 Å². The van der Waals surface area contributed by atoms with Crippen LogP contribution >= 0.6 is 0 Å². The molecule has 2 heteroatoms. The third kappa shape index (κ3) is 3.46. The molecule has 0 aromatic heterocycles. The van der Waals surface area contributed by atoms with Crippen molar-refractivity contribution in [1.29, 1.82) is 0 Å². The topological polar surface area (TPSA) is 38.0 Å². The van der Waals surface area contributed by atoms with Crippen LogP contribution in [0.5, 0.6) is 0 Å². The van der Waals surface area contributed by atoms with Gasteiger partial charge in [0.25, 0.3) is 0 Å². The first kappa shape index (κ1) is 11.4. The highest BCUT2D eigenvalue weighted by atomic mass is 15.0. The number of hydrogen-bond acceptors (Lipinski definition) is 2. The van der Waals surface area contributed by atoms with Gasteiger partial charge >= 0.3 is 0 Å². The predicted octanol–water partition coefficient (Wildman–Crippen LogP) is 2.57. The molecule has 2 atom stereocenters. The van der Waals surface area contributed by atoms with Gasteiger partial charge in [0.1, 0.15) is 0 Å². The SMILES string of the molecule is NC1CCCCC1NC1CCCCCC1. The summed E-state index contributed by atoms with van der Waals surface area (Å²) in [7, 11) is 0. The van der Waals surface area contributed by atoms with Gasteiger partial charge in [-0.15, -0.1) is 0 Å². The Morgan fingerprint density at radius 2 is 1.33 bits per heavy atom. The summed E-state index contributed by atoms with van der Waals surface area (Å²) in [5.41, 5.74) is 6.17. The molecule has 0 spiro atoms. The monoisotopic (exact) mass is 210 g/mol. The fourth-order valence-corrected chi connectivity index (χ4v) is 3.12. The standard InChI is InChI=1S/C13H26N2/c14-12-9-5-6-10-13(12)15-11-7-3-1-2-4-8-11/h11-13,15H,1-10,14H2. The normalized spacial score (nSPS) is 35.0. The van der Waals surface area contributed by atoms with Crippen molar-refractivity contribution < 1.29 is 0 Å². The Kier molecular flexibility index (Phi) is 4.45. The molecular weight excluding hydrogens is 184 g/mol. The molecular formula is C13H26N2. The molecule has 3 N–H and O–H groups in total. The molecule has 0 amide bonds. The first-order chi connectivity index (χ1) is 7.36.